The molecule has 4 rings (SSSR count). The third-order valence-corrected chi connectivity index (χ3v) is 6.77. The summed E-state index contributed by atoms with van der Waals surface area (Å²) in [6, 6.07) is 21.1. The van der Waals surface area contributed by atoms with Crippen LogP contribution < -0.4 is 5.32 Å². The van der Waals surface area contributed by atoms with Crippen molar-refractivity contribution in [2.24, 2.45) is 0 Å². The first-order valence-electron chi connectivity index (χ1n) is 10.3. The van der Waals surface area contributed by atoms with E-state index in [9.17, 15) is 15.0 Å². The Hall–Kier alpha value is -2.31. The van der Waals surface area contributed by atoms with Crippen LogP contribution >= 0.6 is 23.4 Å². The monoisotopic (exact) mass is 453 g/mol. The average Bonchev–Trinajstić information content (AvgIpc) is 2.77. The minimum Gasteiger partial charge on any atom is -0.478 e. The molecule has 0 amide bonds. The summed E-state index contributed by atoms with van der Waals surface area (Å²) >= 11 is 7.60. The van der Waals surface area contributed by atoms with E-state index < -0.39 is 12.1 Å². The van der Waals surface area contributed by atoms with E-state index >= 15 is 0 Å². The van der Waals surface area contributed by atoms with Crippen LogP contribution in [0.5, 0.6) is 0 Å². The fraction of sp³-hybridized carbons (Fsp3) is 0.240. The maximum Gasteiger partial charge on any atom is 0.335 e. The molecule has 0 saturated carbocycles. The zero-order chi connectivity index (χ0) is 21.8. The van der Waals surface area contributed by atoms with Gasteiger partial charge in [0, 0.05) is 27.4 Å². The summed E-state index contributed by atoms with van der Waals surface area (Å²) in [6.07, 6.45) is 2.34. The molecule has 0 fully saturated rings. The smallest absolute Gasteiger partial charge is 0.335 e. The van der Waals surface area contributed by atoms with Crippen molar-refractivity contribution < 1.29 is 15.0 Å². The second-order valence-corrected chi connectivity index (χ2v) is 9.37. The van der Waals surface area contributed by atoms with E-state index in [1.807, 2.05) is 18.2 Å². The Morgan fingerprint density at radius 2 is 1.87 bits per heavy atom. The van der Waals surface area contributed by atoms with E-state index in [0.29, 0.717) is 23.2 Å². The van der Waals surface area contributed by atoms with Crippen molar-refractivity contribution >= 4 is 29.3 Å². The minimum atomic E-state index is -0.915. The molecule has 0 aromatic heterocycles. The lowest BCUT2D eigenvalue weighted by atomic mass is 9.88. The second kappa shape index (κ2) is 9.88. The molecular formula is C25H24ClNO3S. The second-order valence-electron chi connectivity index (χ2n) is 7.78. The highest BCUT2D eigenvalue weighted by molar-refractivity contribution is 7.99. The number of rotatable bonds is 7. The van der Waals surface area contributed by atoms with Crippen molar-refractivity contribution in [1.29, 1.82) is 0 Å². The summed E-state index contributed by atoms with van der Waals surface area (Å²) in [5, 5.41) is 23.8. The van der Waals surface area contributed by atoms with Gasteiger partial charge in [-0.05, 0) is 78.4 Å². The Morgan fingerprint density at radius 3 is 2.68 bits per heavy atom. The molecule has 3 N–H and O–H groups in total. The van der Waals surface area contributed by atoms with E-state index in [-0.39, 0.29) is 0 Å². The number of halogens is 1. The number of fused-ring (bicyclic) bond motifs is 1. The van der Waals surface area contributed by atoms with Gasteiger partial charge in [0.1, 0.15) is 0 Å². The molecular weight excluding hydrogens is 430 g/mol. The van der Waals surface area contributed by atoms with Crippen molar-refractivity contribution in [2.45, 2.75) is 41.2 Å². The minimum absolute atomic E-state index is 0.297. The fourth-order valence-corrected chi connectivity index (χ4v) is 5.05. The summed E-state index contributed by atoms with van der Waals surface area (Å²) in [4.78, 5) is 13.2. The zero-order valence-corrected chi connectivity index (χ0v) is 18.5. The number of aliphatic hydroxyl groups is 1. The van der Waals surface area contributed by atoms with Crippen LogP contribution in [0.2, 0.25) is 5.02 Å². The molecule has 3 aromatic carbocycles. The van der Waals surface area contributed by atoms with Gasteiger partial charge in [-0.2, -0.15) is 0 Å². The topological polar surface area (TPSA) is 69.6 Å². The Morgan fingerprint density at radius 1 is 1.06 bits per heavy atom. The Labute approximate surface area is 191 Å². The molecule has 4 nitrogen and oxygen atoms in total. The molecule has 160 valence electrons. The quantitative estimate of drug-likeness (QED) is 0.448. The average molecular weight is 454 g/mol. The number of aliphatic hydroxyl groups excluding tert-OH is 1. The number of aromatic carboxylic acids is 1. The maximum atomic E-state index is 11.2. The van der Waals surface area contributed by atoms with Gasteiger partial charge in [-0.25, -0.2) is 4.79 Å². The molecule has 3 aromatic rings. The van der Waals surface area contributed by atoms with Crippen LogP contribution in [0.1, 0.15) is 39.6 Å². The van der Waals surface area contributed by atoms with Crippen molar-refractivity contribution in [1.82, 2.24) is 5.32 Å². The van der Waals surface area contributed by atoms with Gasteiger partial charge in [0.05, 0.1) is 11.7 Å². The summed E-state index contributed by atoms with van der Waals surface area (Å²) in [5.41, 5.74) is 3.78. The van der Waals surface area contributed by atoms with Crippen LogP contribution in [-0.2, 0) is 12.8 Å². The van der Waals surface area contributed by atoms with E-state index in [4.69, 9.17) is 11.6 Å². The molecule has 0 saturated heterocycles. The Balaban J connectivity index is 1.39. The fourth-order valence-electron chi connectivity index (χ4n) is 3.91. The Kier molecular flexibility index (Phi) is 6.98. The van der Waals surface area contributed by atoms with Crippen LogP contribution in [-0.4, -0.2) is 28.8 Å². The van der Waals surface area contributed by atoms with Crippen LogP contribution in [0.15, 0.2) is 76.5 Å². The molecule has 0 unspecified atom stereocenters. The number of nitrogens with one attached hydrogen (secondary N) is 1. The first kappa shape index (κ1) is 21.9. The number of carboxylic acid groups (broad SMARTS) is 1. The van der Waals surface area contributed by atoms with Gasteiger partial charge in [0.2, 0.25) is 0 Å². The lowest BCUT2D eigenvalue weighted by Crippen LogP contribution is -2.37. The molecule has 2 atom stereocenters. The molecule has 0 heterocycles. The van der Waals surface area contributed by atoms with Gasteiger partial charge in [0.25, 0.3) is 0 Å². The van der Waals surface area contributed by atoms with Crippen LogP contribution in [0, 0.1) is 0 Å². The third kappa shape index (κ3) is 5.69. The highest BCUT2D eigenvalue weighted by Gasteiger charge is 2.20. The third-order valence-electron chi connectivity index (χ3n) is 5.56. The van der Waals surface area contributed by atoms with Crippen LogP contribution in [0.4, 0.5) is 0 Å². The predicted octanol–water partition coefficient (Wildman–Crippen LogP) is 5.37. The summed E-state index contributed by atoms with van der Waals surface area (Å²) in [7, 11) is 0. The number of carboxylic acids is 1. The summed E-state index contributed by atoms with van der Waals surface area (Å²) in [5.74, 6) is -0.915. The van der Waals surface area contributed by atoms with E-state index in [2.05, 4.69) is 23.5 Å². The number of hydrogen-bond donors (Lipinski definition) is 3. The van der Waals surface area contributed by atoms with Crippen molar-refractivity contribution in [2.75, 3.05) is 6.54 Å². The van der Waals surface area contributed by atoms with Crippen LogP contribution in [0.3, 0.4) is 0 Å². The maximum absolute atomic E-state index is 11.2. The molecule has 31 heavy (non-hydrogen) atoms. The number of carbonyl (C=O) groups is 1. The lowest BCUT2D eigenvalue weighted by molar-refractivity contribution is 0.0696. The van der Waals surface area contributed by atoms with E-state index in [1.165, 1.54) is 11.1 Å². The van der Waals surface area contributed by atoms with E-state index in [0.717, 1.165) is 34.6 Å². The molecule has 0 bridgehead atoms. The number of aryl methyl sites for hydroxylation is 1. The lowest BCUT2D eigenvalue weighted by Gasteiger charge is -2.27. The highest BCUT2D eigenvalue weighted by atomic mass is 35.5. The molecule has 1 aliphatic rings. The SMILES string of the molecule is O=C(O)c1cccc(Sc2ccc3c(c2)C[C@@H](NC[C@H](O)c2cccc(Cl)c2)CC3)c1. The van der Waals surface area contributed by atoms with Gasteiger partial charge in [-0.1, -0.05) is 47.6 Å². The molecule has 0 radical (unpaired) electrons. The van der Waals surface area contributed by atoms with Crippen molar-refractivity contribution in [3.05, 3.63) is 94.0 Å². The van der Waals surface area contributed by atoms with Crippen molar-refractivity contribution in [3.8, 4) is 0 Å². The first-order chi connectivity index (χ1) is 15.0. The molecule has 0 spiro atoms. The van der Waals surface area contributed by atoms with Crippen molar-refractivity contribution in [3.63, 3.8) is 0 Å². The normalized spacial score (nSPS) is 16.5. The largest absolute Gasteiger partial charge is 0.478 e. The molecule has 0 aliphatic heterocycles. The van der Waals surface area contributed by atoms with Gasteiger partial charge < -0.3 is 15.5 Å². The van der Waals surface area contributed by atoms with Gasteiger partial charge in [-0.15, -0.1) is 0 Å². The predicted molar refractivity (Wildman–Crippen MR) is 124 cm³/mol. The molecule has 1 aliphatic carbocycles. The standard InChI is InChI=1S/C25H24ClNO3S/c26-20-5-1-3-17(11-20)24(28)15-27-21-9-7-16-8-10-23(14-19(16)12-21)31-22-6-2-4-18(13-22)25(29)30/h1-6,8,10-11,13-14,21,24,27-28H,7,9,12,15H2,(H,29,30)/t21-,24-/m0/s1. The summed E-state index contributed by atoms with van der Waals surface area (Å²) < 4.78 is 0. The zero-order valence-electron chi connectivity index (χ0n) is 16.9. The van der Waals surface area contributed by atoms with Crippen LogP contribution in [0.25, 0.3) is 0 Å². The first-order valence-corrected chi connectivity index (χ1v) is 11.5. The van der Waals surface area contributed by atoms with E-state index in [1.54, 1.807) is 42.1 Å². The number of hydrogen-bond acceptors (Lipinski definition) is 4. The van der Waals surface area contributed by atoms with Gasteiger partial charge in [0.15, 0.2) is 0 Å². The molecule has 6 heteroatoms. The van der Waals surface area contributed by atoms with Gasteiger partial charge >= 0.3 is 5.97 Å². The van der Waals surface area contributed by atoms with Gasteiger partial charge in [-0.3, -0.25) is 0 Å². The highest BCUT2D eigenvalue weighted by Crippen LogP contribution is 2.32. The Bertz CT molecular complexity index is 1090. The number of benzene rings is 3. The summed E-state index contributed by atoms with van der Waals surface area (Å²) in [6.45, 7) is 0.483.